The van der Waals surface area contributed by atoms with Gasteiger partial charge in [-0.1, -0.05) is 6.08 Å². The number of benzene rings is 1. The summed E-state index contributed by atoms with van der Waals surface area (Å²) in [5.74, 6) is -0.803. The zero-order valence-corrected chi connectivity index (χ0v) is 16.0. The SMILES string of the molecule is COC(=O)C1=C(C(=O)OC)N(c2ccc3c(c2)nc(C(C)O)n3C)C=CC=C1. The molecule has 2 heterocycles. The number of aromatic nitrogens is 2. The van der Waals surface area contributed by atoms with Crippen LogP contribution in [-0.4, -0.2) is 40.8 Å². The normalized spacial score (nSPS) is 15.0. The van der Waals surface area contributed by atoms with Gasteiger partial charge in [-0.2, -0.15) is 0 Å². The number of aliphatic hydroxyl groups excluding tert-OH is 1. The second-order valence-electron chi connectivity index (χ2n) is 6.19. The van der Waals surface area contributed by atoms with Crippen molar-refractivity contribution in [2.45, 2.75) is 13.0 Å². The highest BCUT2D eigenvalue weighted by Crippen LogP contribution is 2.30. The van der Waals surface area contributed by atoms with Gasteiger partial charge in [-0.15, -0.1) is 0 Å². The second kappa shape index (κ2) is 7.69. The number of ether oxygens (including phenoxy) is 2. The number of anilines is 1. The molecular weight excluding hydrogens is 362 g/mol. The monoisotopic (exact) mass is 383 g/mol. The molecular formula is C20H21N3O5. The number of allylic oxidation sites excluding steroid dienone is 2. The van der Waals surface area contributed by atoms with Gasteiger partial charge in [0.15, 0.2) is 0 Å². The third-order valence-electron chi connectivity index (χ3n) is 4.44. The number of fused-ring (bicyclic) bond motifs is 1. The Morgan fingerprint density at radius 3 is 2.50 bits per heavy atom. The Morgan fingerprint density at radius 2 is 1.86 bits per heavy atom. The van der Waals surface area contributed by atoms with Gasteiger partial charge in [0.25, 0.3) is 0 Å². The summed E-state index contributed by atoms with van der Waals surface area (Å²) in [6, 6.07) is 5.40. The summed E-state index contributed by atoms with van der Waals surface area (Å²) in [7, 11) is 4.32. The largest absolute Gasteiger partial charge is 0.465 e. The quantitative estimate of drug-likeness (QED) is 0.808. The maximum atomic E-state index is 12.5. The van der Waals surface area contributed by atoms with Crippen molar-refractivity contribution in [3.05, 3.63) is 59.7 Å². The third kappa shape index (κ3) is 3.29. The van der Waals surface area contributed by atoms with Gasteiger partial charge < -0.3 is 24.0 Å². The number of esters is 2. The number of aryl methyl sites for hydroxylation is 1. The molecule has 0 saturated carbocycles. The maximum Gasteiger partial charge on any atom is 0.355 e. The number of carbonyl (C=O) groups excluding carboxylic acids is 2. The Balaban J connectivity index is 2.19. The molecule has 1 aromatic heterocycles. The molecule has 1 N–H and O–H groups in total. The summed E-state index contributed by atoms with van der Waals surface area (Å²) >= 11 is 0. The Hall–Kier alpha value is -3.39. The predicted molar refractivity (Wildman–Crippen MR) is 103 cm³/mol. The number of imidazole rings is 1. The number of aliphatic hydroxyl groups is 1. The Kier molecular flexibility index (Phi) is 5.32. The molecule has 8 heteroatoms. The minimum atomic E-state index is -0.723. The molecule has 2 aromatic rings. The molecule has 0 bridgehead atoms. The lowest BCUT2D eigenvalue weighted by molar-refractivity contribution is -0.139. The summed E-state index contributed by atoms with van der Waals surface area (Å²) in [6.45, 7) is 1.64. The fourth-order valence-corrected chi connectivity index (χ4v) is 3.10. The standard InChI is InChI=1S/C20H21N3O5/c1-12(24)18-21-15-11-13(8-9-16(15)22(18)2)23-10-6-5-7-14(19(25)27-3)17(23)20(26)28-4/h5-12,24H,1-4H3. The molecule has 0 fully saturated rings. The number of hydrogen-bond acceptors (Lipinski definition) is 7. The van der Waals surface area contributed by atoms with Crippen molar-refractivity contribution < 1.29 is 24.2 Å². The van der Waals surface area contributed by atoms with E-state index < -0.39 is 18.0 Å². The van der Waals surface area contributed by atoms with Gasteiger partial charge in [0, 0.05) is 18.9 Å². The number of carbonyl (C=O) groups is 2. The molecule has 28 heavy (non-hydrogen) atoms. The molecule has 3 rings (SSSR count). The first kappa shape index (κ1) is 19.4. The van der Waals surface area contributed by atoms with E-state index in [9.17, 15) is 14.7 Å². The van der Waals surface area contributed by atoms with Gasteiger partial charge in [0.2, 0.25) is 0 Å². The highest BCUT2D eigenvalue weighted by atomic mass is 16.5. The van der Waals surface area contributed by atoms with Crippen LogP contribution < -0.4 is 4.90 Å². The zero-order chi connectivity index (χ0) is 20.4. The molecule has 1 aliphatic heterocycles. The van der Waals surface area contributed by atoms with Crippen molar-refractivity contribution in [1.29, 1.82) is 0 Å². The fourth-order valence-electron chi connectivity index (χ4n) is 3.10. The van der Waals surface area contributed by atoms with E-state index in [1.54, 1.807) is 46.9 Å². The van der Waals surface area contributed by atoms with Gasteiger partial charge in [0.1, 0.15) is 17.6 Å². The van der Waals surface area contributed by atoms with Crippen molar-refractivity contribution in [2.24, 2.45) is 7.05 Å². The Labute approximate surface area is 162 Å². The third-order valence-corrected chi connectivity index (χ3v) is 4.44. The van der Waals surface area contributed by atoms with Gasteiger partial charge in [-0.25, -0.2) is 14.6 Å². The van der Waals surface area contributed by atoms with E-state index in [1.165, 1.54) is 20.3 Å². The molecule has 1 unspecified atom stereocenters. The van der Waals surface area contributed by atoms with E-state index in [0.717, 1.165) is 5.52 Å². The van der Waals surface area contributed by atoms with E-state index in [1.807, 2.05) is 13.1 Å². The van der Waals surface area contributed by atoms with Gasteiger partial charge in [0.05, 0.1) is 30.8 Å². The summed E-state index contributed by atoms with van der Waals surface area (Å²) in [5, 5.41) is 9.90. The van der Waals surface area contributed by atoms with Crippen LogP contribution in [0.2, 0.25) is 0 Å². The van der Waals surface area contributed by atoms with Crippen LogP contribution in [0.3, 0.4) is 0 Å². The van der Waals surface area contributed by atoms with E-state index in [2.05, 4.69) is 4.98 Å². The number of nitrogens with zero attached hydrogens (tertiary/aromatic N) is 3. The van der Waals surface area contributed by atoms with Crippen LogP contribution in [0.25, 0.3) is 11.0 Å². The number of methoxy groups -OCH3 is 2. The lowest BCUT2D eigenvalue weighted by atomic mass is 10.1. The molecule has 1 atom stereocenters. The van der Waals surface area contributed by atoms with Crippen LogP contribution >= 0.6 is 0 Å². The topological polar surface area (TPSA) is 93.9 Å². The summed E-state index contributed by atoms with van der Waals surface area (Å²) in [4.78, 5) is 30.7. The summed E-state index contributed by atoms with van der Waals surface area (Å²) in [5.41, 5.74) is 2.18. The van der Waals surface area contributed by atoms with Crippen LogP contribution in [0.5, 0.6) is 0 Å². The Morgan fingerprint density at radius 1 is 1.14 bits per heavy atom. The van der Waals surface area contributed by atoms with Gasteiger partial charge in [-0.3, -0.25) is 0 Å². The highest BCUT2D eigenvalue weighted by Gasteiger charge is 2.27. The fraction of sp³-hybridized carbons (Fsp3) is 0.250. The molecule has 0 saturated heterocycles. The smallest absolute Gasteiger partial charge is 0.355 e. The summed E-state index contributed by atoms with van der Waals surface area (Å²) in [6.07, 6.45) is 5.76. The first-order valence-corrected chi connectivity index (χ1v) is 8.58. The first-order chi connectivity index (χ1) is 13.4. The molecule has 0 aliphatic carbocycles. The van der Waals surface area contributed by atoms with Gasteiger partial charge >= 0.3 is 11.9 Å². The van der Waals surface area contributed by atoms with Crippen LogP contribution in [-0.2, 0) is 26.1 Å². The number of rotatable bonds is 4. The highest BCUT2D eigenvalue weighted by molar-refractivity contribution is 6.05. The molecule has 1 aliphatic rings. The van der Waals surface area contributed by atoms with E-state index in [4.69, 9.17) is 9.47 Å². The molecule has 0 spiro atoms. The lowest BCUT2D eigenvalue weighted by Gasteiger charge is -2.23. The average molecular weight is 383 g/mol. The van der Waals surface area contributed by atoms with E-state index in [-0.39, 0.29) is 11.3 Å². The lowest BCUT2D eigenvalue weighted by Crippen LogP contribution is -2.26. The van der Waals surface area contributed by atoms with Crippen LogP contribution in [0, 0.1) is 0 Å². The Bertz CT molecular complexity index is 1030. The minimum absolute atomic E-state index is 0.0328. The molecule has 8 nitrogen and oxygen atoms in total. The average Bonchev–Trinajstić information content (AvgIpc) is 2.88. The van der Waals surface area contributed by atoms with Crippen molar-refractivity contribution in [1.82, 2.24) is 9.55 Å². The zero-order valence-electron chi connectivity index (χ0n) is 16.0. The van der Waals surface area contributed by atoms with E-state index in [0.29, 0.717) is 17.0 Å². The maximum absolute atomic E-state index is 12.5. The number of hydrogen-bond donors (Lipinski definition) is 1. The second-order valence-corrected chi connectivity index (χ2v) is 6.19. The van der Waals surface area contributed by atoms with Crippen LogP contribution in [0.15, 0.2) is 53.9 Å². The molecule has 146 valence electrons. The predicted octanol–water partition coefficient (Wildman–Crippen LogP) is 2.12. The molecule has 1 aromatic carbocycles. The van der Waals surface area contributed by atoms with Crippen molar-refractivity contribution in [3.63, 3.8) is 0 Å². The van der Waals surface area contributed by atoms with Gasteiger partial charge in [-0.05, 0) is 37.3 Å². The van der Waals surface area contributed by atoms with Crippen LogP contribution in [0.1, 0.15) is 18.9 Å². The first-order valence-electron chi connectivity index (χ1n) is 8.58. The van der Waals surface area contributed by atoms with Crippen LogP contribution in [0.4, 0.5) is 5.69 Å². The van der Waals surface area contributed by atoms with Crippen molar-refractivity contribution in [3.8, 4) is 0 Å². The molecule has 0 amide bonds. The van der Waals surface area contributed by atoms with E-state index >= 15 is 0 Å². The van der Waals surface area contributed by atoms with Crippen molar-refractivity contribution in [2.75, 3.05) is 19.1 Å². The summed E-state index contributed by atoms with van der Waals surface area (Å²) < 4.78 is 11.5. The molecule has 0 radical (unpaired) electrons. The minimum Gasteiger partial charge on any atom is -0.465 e. The van der Waals surface area contributed by atoms with Crippen molar-refractivity contribution >= 4 is 28.7 Å².